The van der Waals surface area contributed by atoms with Gasteiger partial charge in [-0.1, -0.05) is 29.8 Å². The van der Waals surface area contributed by atoms with E-state index in [9.17, 15) is 18.4 Å². The van der Waals surface area contributed by atoms with Gasteiger partial charge in [0.2, 0.25) is 0 Å². The molecule has 2 heterocycles. The van der Waals surface area contributed by atoms with Crippen LogP contribution < -0.4 is 5.56 Å². The van der Waals surface area contributed by atoms with E-state index in [0.717, 1.165) is 54.1 Å². The molecular formula is C29H26ClF2N3O2. The number of benzene rings is 2. The zero-order chi connectivity index (χ0) is 25.9. The Morgan fingerprint density at radius 1 is 1.05 bits per heavy atom. The number of hydrogen-bond acceptors (Lipinski definition) is 3. The molecule has 0 bridgehead atoms. The quantitative estimate of drug-likeness (QED) is 0.307. The maximum absolute atomic E-state index is 14.0. The normalized spacial score (nSPS) is 13.8. The van der Waals surface area contributed by atoms with Crippen LogP contribution in [-0.4, -0.2) is 20.5 Å². The fourth-order valence-corrected chi connectivity index (χ4v) is 5.36. The highest BCUT2D eigenvalue weighted by Gasteiger charge is 2.24. The summed E-state index contributed by atoms with van der Waals surface area (Å²) in [7, 11) is 0. The third-order valence-corrected chi connectivity index (χ3v) is 7.12. The van der Waals surface area contributed by atoms with Gasteiger partial charge in [-0.3, -0.25) is 24.4 Å². The van der Waals surface area contributed by atoms with Gasteiger partial charge in [-0.05, 0) is 73.6 Å². The van der Waals surface area contributed by atoms with Crippen LogP contribution in [0.5, 0.6) is 0 Å². The molecule has 1 atom stereocenters. The largest absolute Gasteiger partial charge is 0.298 e. The predicted octanol–water partition coefficient (Wildman–Crippen LogP) is 6.03. The minimum atomic E-state index is -0.671. The minimum absolute atomic E-state index is 0.0295. The second-order valence-electron chi connectivity index (χ2n) is 9.52. The van der Waals surface area contributed by atoms with E-state index in [0.29, 0.717) is 16.3 Å². The van der Waals surface area contributed by atoms with Gasteiger partial charge in [0, 0.05) is 46.4 Å². The highest BCUT2D eigenvalue weighted by molar-refractivity contribution is 6.30. The van der Waals surface area contributed by atoms with Crippen LogP contribution in [0, 0.1) is 11.6 Å². The molecular weight excluding hydrogens is 496 g/mol. The van der Waals surface area contributed by atoms with Crippen molar-refractivity contribution in [3.63, 3.8) is 0 Å². The number of H-pyrrole nitrogens is 1. The highest BCUT2D eigenvalue weighted by atomic mass is 35.5. The number of pyridine rings is 1. The average molecular weight is 522 g/mol. The number of carbonyl (C=O) groups is 1. The Labute approximate surface area is 218 Å². The van der Waals surface area contributed by atoms with E-state index in [1.807, 2.05) is 24.3 Å². The lowest BCUT2D eigenvalue weighted by Gasteiger charge is -2.20. The summed E-state index contributed by atoms with van der Waals surface area (Å²) in [5.74, 6) is -1.89. The number of hydrogen-bond donors (Lipinski definition) is 1. The van der Waals surface area contributed by atoms with Crippen LogP contribution in [0.1, 0.15) is 47.7 Å². The predicted molar refractivity (Wildman–Crippen MR) is 139 cm³/mol. The third-order valence-electron chi connectivity index (χ3n) is 6.87. The summed E-state index contributed by atoms with van der Waals surface area (Å²) in [5.41, 5.74) is 4.32. The topological polar surface area (TPSA) is 67.8 Å². The Bertz CT molecular complexity index is 1470. The van der Waals surface area contributed by atoms with Crippen molar-refractivity contribution in [3.8, 4) is 11.1 Å². The molecule has 4 aromatic rings. The van der Waals surface area contributed by atoms with E-state index < -0.39 is 17.6 Å². The smallest absolute Gasteiger partial charge is 0.267 e. The molecule has 8 heteroatoms. The van der Waals surface area contributed by atoms with Gasteiger partial charge in [-0.25, -0.2) is 8.78 Å². The van der Waals surface area contributed by atoms with Crippen molar-refractivity contribution in [3.05, 3.63) is 110 Å². The summed E-state index contributed by atoms with van der Waals surface area (Å²) in [5, 5.41) is 3.42. The summed E-state index contributed by atoms with van der Waals surface area (Å²) in [6, 6.07) is 14.4. The van der Waals surface area contributed by atoms with E-state index in [1.165, 1.54) is 12.1 Å². The Morgan fingerprint density at radius 3 is 2.54 bits per heavy atom. The SMILES string of the molecule is O=C(C[C@@H](Cc1cc(F)cc(F)c1)c1ncccc1-c1ccc(Cl)cc1)Cn1[nH]c(=O)c2c1CCCC2. The van der Waals surface area contributed by atoms with Crippen molar-refractivity contribution < 1.29 is 13.6 Å². The monoisotopic (exact) mass is 521 g/mol. The number of halogens is 3. The molecule has 37 heavy (non-hydrogen) atoms. The molecule has 0 saturated carbocycles. The van der Waals surface area contributed by atoms with Crippen molar-refractivity contribution in [2.45, 2.75) is 51.0 Å². The van der Waals surface area contributed by atoms with Crippen LogP contribution in [0.4, 0.5) is 8.78 Å². The van der Waals surface area contributed by atoms with E-state index in [2.05, 4.69) is 10.1 Å². The molecule has 1 aliphatic rings. The van der Waals surface area contributed by atoms with Crippen molar-refractivity contribution >= 4 is 17.4 Å². The van der Waals surface area contributed by atoms with Crippen LogP contribution in [0.3, 0.4) is 0 Å². The van der Waals surface area contributed by atoms with E-state index >= 15 is 0 Å². The Kier molecular flexibility index (Phi) is 7.33. The van der Waals surface area contributed by atoms with Crippen LogP contribution in [0.25, 0.3) is 11.1 Å². The number of ketones is 1. The lowest BCUT2D eigenvalue weighted by atomic mass is 9.87. The molecule has 0 fully saturated rings. The van der Waals surface area contributed by atoms with Gasteiger partial charge >= 0.3 is 0 Å². The average Bonchev–Trinajstić information content (AvgIpc) is 3.18. The van der Waals surface area contributed by atoms with Crippen LogP contribution in [0.2, 0.25) is 5.02 Å². The molecule has 2 aromatic heterocycles. The number of aromatic nitrogens is 3. The Hall–Kier alpha value is -3.58. The van der Waals surface area contributed by atoms with Gasteiger partial charge in [-0.2, -0.15) is 0 Å². The van der Waals surface area contributed by atoms with E-state index in [-0.39, 0.29) is 30.7 Å². The molecule has 0 amide bonds. The molecule has 1 N–H and O–H groups in total. The number of aromatic amines is 1. The Balaban J connectivity index is 1.48. The van der Waals surface area contributed by atoms with Crippen molar-refractivity contribution in [1.29, 1.82) is 0 Å². The number of carbonyl (C=O) groups excluding carboxylic acids is 1. The number of Topliss-reactive ketones (excluding diaryl/α,β-unsaturated/α-hetero) is 1. The third kappa shape index (κ3) is 5.72. The van der Waals surface area contributed by atoms with Gasteiger partial charge in [-0.15, -0.1) is 0 Å². The Morgan fingerprint density at radius 2 is 1.78 bits per heavy atom. The van der Waals surface area contributed by atoms with Gasteiger partial charge in [0.05, 0.1) is 12.2 Å². The zero-order valence-electron chi connectivity index (χ0n) is 20.1. The number of rotatable bonds is 8. The van der Waals surface area contributed by atoms with Gasteiger partial charge < -0.3 is 0 Å². The van der Waals surface area contributed by atoms with Gasteiger partial charge in [0.1, 0.15) is 11.6 Å². The van der Waals surface area contributed by atoms with E-state index in [4.69, 9.17) is 11.6 Å². The van der Waals surface area contributed by atoms with Crippen molar-refractivity contribution in [2.24, 2.45) is 0 Å². The van der Waals surface area contributed by atoms with Crippen LogP contribution >= 0.6 is 11.6 Å². The number of nitrogens with one attached hydrogen (secondary N) is 1. The lowest BCUT2D eigenvalue weighted by molar-refractivity contribution is -0.120. The first-order valence-electron chi connectivity index (χ1n) is 12.4. The van der Waals surface area contributed by atoms with E-state index in [1.54, 1.807) is 23.0 Å². The van der Waals surface area contributed by atoms with Crippen molar-refractivity contribution in [1.82, 2.24) is 14.8 Å². The molecule has 1 aliphatic carbocycles. The van der Waals surface area contributed by atoms with Gasteiger partial charge in [0.25, 0.3) is 5.56 Å². The zero-order valence-corrected chi connectivity index (χ0v) is 20.9. The second-order valence-corrected chi connectivity index (χ2v) is 9.96. The molecule has 0 saturated heterocycles. The maximum atomic E-state index is 14.0. The fourth-order valence-electron chi connectivity index (χ4n) is 5.24. The molecule has 0 radical (unpaired) electrons. The molecule has 0 spiro atoms. The minimum Gasteiger partial charge on any atom is -0.298 e. The number of nitrogens with zero attached hydrogens (tertiary/aromatic N) is 2. The number of fused-ring (bicyclic) bond motifs is 1. The summed E-state index contributed by atoms with van der Waals surface area (Å²) in [6.45, 7) is 0.0295. The first-order chi connectivity index (χ1) is 17.9. The molecule has 0 aliphatic heterocycles. The highest BCUT2D eigenvalue weighted by Crippen LogP contribution is 2.33. The summed E-state index contributed by atoms with van der Waals surface area (Å²) < 4.78 is 29.7. The summed E-state index contributed by atoms with van der Waals surface area (Å²) in [6.07, 6.45) is 5.38. The second kappa shape index (κ2) is 10.8. The molecule has 2 aromatic carbocycles. The summed E-state index contributed by atoms with van der Waals surface area (Å²) >= 11 is 6.08. The maximum Gasteiger partial charge on any atom is 0.267 e. The molecule has 190 valence electrons. The first-order valence-corrected chi connectivity index (χ1v) is 12.7. The first kappa shape index (κ1) is 25.1. The lowest BCUT2D eigenvalue weighted by Crippen LogP contribution is -2.20. The van der Waals surface area contributed by atoms with Gasteiger partial charge in [0.15, 0.2) is 5.78 Å². The molecule has 5 nitrogen and oxygen atoms in total. The van der Waals surface area contributed by atoms with Crippen LogP contribution in [0.15, 0.2) is 65.6 Å². The fraction of sp³-hybridized carbons (Fsp3) is 0.276. The molecule has 5 rings (SSSR count). The van der Waals surface area contributed by atoms with Crippen LogP contribution in [-0.2, 0) is 30.6 Å². The standard InChI is InChI=1S/C29H26ClF2N3O2/c30-21-9-7-19(8-10-21)25-5-3-11-33-28(25)20(12-18-13-22(31)16-23(32)14-18)15-24(36)17-35-27-6-2-1-4-26(27)29(37)34-35/h3,5,7-11,13-14,16,20H,1-2,4,6,12,15,17H2,(H,34,37)/t20-/m1/s1. The summed E-state index contributed by atoms with van der Waals surface area (Å²) in [4.78, 5) is 30.3. The molecule has 0 unspecified atom stereocenters. The van der Waals surface area contributed by atoms with Crippen molar-refractivity contribution in [2.75, 3.05) is 0 Å².